The molecule has 0 rings (SSSR count). The first-order chi connectivity index (χ1) is 6.45. The fourth-order valence-electron chi connectivity index (χ4n) is 1.15. The zero-order valence-electron chi connectivity index (χ0n) is 10.1. The lowest BCUT2D eigenvalue weighted by molar-refractivity contribution is -0.114. The van der Waals surface area contributed by atoms with Crippen LogP contribution >= 0.6 is 0 Å². The Kier molecular flexibility index (Phi) is 6.52. The van der Waals surface area contributed by atoms with Gasteiger partial charge in [-0.3, -0.25) is 4.79 Å². The molecular formula is C13H24O. The number of rotatable bonds is 6. The van der Waals surface area contributed by atoms with E-state index in [-0.39, 0.29) is 11.2 Å². The second-order valence-corrected chi connectivity index (χ2v) is 4.98. The number of carbonyl (C=O) groups excluding carboxylic acids is 1. The van der Waals surface area contributed by atoms with Crippen molar-refractivity contribution in [3.05, 3.63) is 12.2 Å². The van der Waals surface area contributed by atoms with Crippen LogP contribution in [0.15, 0.2) is 12.2 Å². The van der Waals surface area contributed by atoms with Gasteiger partial charge in [0.2, 0.25) is 0 Å². The van der Waals surface area contributed by atoms with Gasteiger partial charge in [-0.05, 0) is 17.9 Å². The summed E-state index contributed by atoms with van der Waals surface area (Å²) in [6, 6.07) is 0. The molecule has 0 unspecified atom stereocenters. The van der Waals surface area contributed by atoms with Crippen molar-refractivity contribution >= 4 is 5.78 Å². The summed E-state index contributed by atoms with van der Waals surface area (Å²) in [5.74, 6) is 0.274. The third kappa shape index (κ3) is 9.50. The standard InChI is InChI=1S/C13H24O/c1-5-6-7-8-9-12(14)10-11-13(2,3)4/h10-11H,5-9H2,1-4H3/b11-10-. The van der Waals surface area contributed by atoms with Crippen LogP contribution in [0.5, 0.6) is 0 Å². The van der Waals surface area contributed by atoms with Gasteiger partial charge in [-0.25, -0.2) is 0 Å². The van der Waals surface area contributed by atoms with Crippen molar-refractivity contribution in [2.24, 2.45) is 5.41 Å². The van der Waals surface area contributed by atoms with E-state index >= 15 is 0 Å². The minimum absolute atomic E-state index is 0.124. The van der Waals surface area contributed by atoms with E-state index in [0.29, 0.717) is 6.42 Å². The Balaban J connectivity index is 3.61. The largest absolute Gasteiger partial charge is 0.295 e. The molecule has 0 aliphatic rings. The zero-order chi connectivity index (χ0) is 11.0. The van der Waals surface area contributed by atoms with Crippen molar-refractivity contribution in [2.45, 2.75) is 59.8 Å². The molecule has 0 aromatic rings. The Labute approximate surface area is 88.6 Å². The summed E-state index contributed by atoms with van der Waals surface area (Å²) in [6.45, 7) is 8.50. The van der Waals surface area contributed by atoms with Crippen molar-refractivity contribution in [1.29, 1.82) is 0 Å². The van der Waals surface area contributed by atoms with Crippen LogP contribution in [0.1, 0.15) is 59.8 Å². The summed E-state index contributed by atoms with van der Waals surface area (Å²) in [4.78, 5) is 11.4. The molecule has 0 aromatic carbocycles. The highest BCUT2D eigenvalue weighted by Gasteiger charge is 2.05. The summed E-state index contributed by atoms with van der Waals surface area (Å²) < 4.78 is 0. The van der Waals surface area contributed by atoms with Gasteiger partial charge in [0.15, 0.2) is 5.78 Å². The summed E-state index contributed by atoms with van der Waals surface area (Å²) >= 11 is 0. The molecule has 14 heavy (non-hydrogen) atoms. The highest BCUT2D eigenvalue weighted by atomic mass is 16.1. The molecule has 0 atom stereocenters. The van der Waals surface area contributed by atoms with E-state index in [4.69, 9.17) is 0 Å². The number of carbonyl (C=O) groups is 1. The van der Waals surface area contributed by atoms with Gasteiger partial charge >= 0.3 is 0 Å². The fraction of sp³-hybridized carbons (Fsp3) is 0.769. The number of ketones is 1. The Bertz CT molecular complexity index is 184. The number of hydrogen-bond acceptors (Lipinski definition) is 1. The Morgan fingerprint density at radius 1 is 1.14 bits per heavy atom. The van der Waals surface area contributed by atoms with E-state index in [2.05, 4.69) is 27.7 Å². The van der Waals surface area contributed by atoms with E-state index in [9.17, 15) is 4.79 Å². The summed E-state index contributed by atoms with van der Waals surface area (Å²) in [7, 11) is 0. The zero-order valence-corrected chi connectivity index (χ0v) is 10.1. The molecule has 0 saturated heterocycles. The van der Waals surface area contributed by atoms with Crippen LogP contribution in [0, 0.1) is 5.41 Å². The molecule has 0 radical (unpaired) electrons. The van der Waals surface area contributed by atoms with Crippen LogP contribution in [-0.4, -0.2) is 5.78 Å². The van der Waals surface area contributed by atoms with E-state index in [1.165, 1.54) is 19.3 Å². The third-order valence-electron chi connectivity index (χ3n) is 2.05. The van der Waals surface area contributed by atoms with Crippen molar-refractivity contribution in [1.82, 2.24) is 0 Å². The van der Waals surface area contributed by atoms with Gasteiger partial charge in [0.25, 0.3) is 0 Å². The van der Waals surface area contributed by atoms with Gasteiger partial charge in [0.1, 0.15) is 0 Å². The highest BCUT2D eigenvalue weighted by molar-refractivity contribution is 5.89. The first-order valence-corrected chi connectivity index (χ1v) is 5.68. The van der Waals surface area contributed by atoms with E-state index in [0.717, 1.165) is 6.42 Å². The molecule has 0 heterocycles. The molecule has 82 valence electrons. The number of hydrogen-bond donors (Lipinski definition) is 0. The Morgan fingerprint density at radius 2 is 1.79 bits per heavy atom. The summed E-state index contributed by atoms with van der Waals surface area (Å²) in [5, 5.41) is 0. The molecule has 1 nitrogen and oxygen atoms in total. The minimum atomic E-state index is 0.124. The van der Waals surface area contributed by atoms with Gasteiger partial charge in [-0.2, -0.15) is 0 Å². The molecule has 1 heteroatoms. The smallest absolute Gasteiger partial charge is 0.155 e. The van der Waals surface area contributed by atoms with Crippen molar-refractivity contribution in [3.8, 4) is 0 Å². The molecule has 0 amide bonds. The second kappa shape index (κ2) is 6.80. The second-order valence-electron chi connectivity index (χ2n) is 4.98. The van der Waals surface area contributed by atoms with Crippen LogP contribution in [0.3, 0.4) is 0 Å². The molecule has 0 aliphatic heterocycles. The fourth-order valence-corrected chi connectivity index (χ4v) is 1.15. The van der Waals surface area contributed by atoms with Crippen LogP contribution in [-0.2, 0) is 4.79 Å². The molecule has 0 saturated carbocycles. The summed E-state index contributed by atoms with van der Waals surface area (Å²) in [6.07, 6.45) is 9.16. The molecule has 0 fully saturated rings. The monoisotopic (exact) mass is 196 g/mol. The number of allylic oxidation sites excluding steroid dienone is 2. The molecule has 0 N–H and O–H groups in total. The number of unbranched alkanes of at least 4 members (excludes halogenated alkanes) is 3. The topological polar surface area (TPSA) is 17.1 Å². The molecule has 0 aromatic heterocycles. The lowest BCUT2D eigenvalue weighted by Gasteiger charge is -2.10. The maximum absolute atomic E-state index is 11.4. The van der Waals surface area contributed by atoms with Gasteiger partial charge in [0.05, 0.1) is 0 Å². The lowest BCUT2D eigenvalue weighted by atomic mass is 9.95. The predicted molar refractivity (Wildman–Crippen MR) is 62.4 cm³/mol. The highest BCUT2D eigenvalue weighted by Crippen LogP contribution is 2.14. The first kappa shape index (κ1) is 13.4. The molecule has 0 bridgehead atoms. The predicted octanol–water partition coefficient (Wildman–Crippen LogP) is 4.13. The third-order valence-corrected chi connectivity index (χ3v) is 2.05. The summed E-state index contributed by atoms with van der Waals surface area (Å²) in [5.41, 5.74) is 0.124. The van der Waals surface area contributed by atoms with E-state index < -0.39 is 0 Å². The van der Waals surface area contributed by atoms with Crippen LogP contribution in [0.4, 0.5) is 0 Å². The quantitative estimate of drug-likeness (QED) is 0.461. The molecule has 0 aliphatic carbocycles. The van der Waals surface area contributed by atoms with Crippen LogP contribution in [0.2, 0.25) is 0 Å². The van der Waals surface area contributed by atoms with E-state index in [1.54, 1.807) is 6.08 Å². The average Bonchev–Trinajstić information content (AvgIpc) is 2.08. The minimum Gasteiger partial charge on any atom is -0.295 e. The molecule has 0 spiro atoms. The maximum atomic E-state index is 11.4. The van der Waals surface area contributed by atoms with Gasteiger partial charge in [-0.15, -0.1) is 0 Å². The van der Waals surface area contributed by atoms with Gasteiger partial charge in [-0.1, -0.05) is 53.0 Å². The average molecular weight is 196 g/mol. The van der Waals surface area contributed by atoms with Crippen LogP contribution in [0.25, 0.3) is 0 Å². The maximum Gasteiger partial charge on any atom is 0.155 e. The van der Waals surface area contributed by atoms with Crippen molar-refractivity contribution in [3.63, 3.8) is 0 Å². The molecular weight excluding hydrogens is 172 g/mol. The van der Waals surface area contributed by atoms with Gasteiger partial charge in [0, 0.05) is 6.42 Å². The Morgan fingerprint density at radius 3 is 2.29 bits per heavy atom. The van der Waals surface area contributed by atoms with Crippen LogP contribution < -0.4 is 0 Å². The van der Waals surface area contributed by atoms with Crippen molar-refractivity contribution < 1.29 is 4.79 Å². The normalized spacial score (nSPS) is 12.3. The first-order valence-electron chi connectivity index (χ1n) is 5.68. The SMILES string of the molecule is CCCCCCC(=O)/C=C\C(C)(C)C. The lowest BCUT2D eigenvalue weighted by Crippen LogP contribution is -2.01. The van der Waals surface area contributed by atoms with Gasteiger partial charge < -0.3 is 0 Å². The Hall–Kier alpha value is -0.590. The van der Waals surface area contributed by atoms with E-state index in [1.807, 2.05) is 6.08 Å². The van der Waals surface area contributed by atoms with Crippen molar-refractivity contribution in [2.75, 3.05) is 0 Å².